The fraction of sp³-hybridized carbons (Fsp3) is 0.417. The minimum absolute atomic E-state index is 0.0845. The molecule has 4 nitrogen and oxygen atoms in total. The lowest BCUT2D eigenvalue weighted by Gasteiger charge is -2.73. The van der Waals surface area contributed by atoms with Gasteiger partial charge in [0.1, 0.15) is 0 Å². The first-order chi connectivity index (χ1) is 13.7. The maximum absolute atomic E-state index is 13.7. The molecule has 0 radical (unpaired) electrons. The van der Waals surface area contributed by atoms with Crippen LogP contribution in [0.15, 0.2) is 60.7 Å². The van der Waals surface area contributed by atoms with E-state index in [4.69, 9.17) is 0 Å². The van der Waals surface area contributed by atoms with E-state index in [1.165, 1.54) is 0 Å². The van der Waals surface area contributed by atoms with Gasteiger partial charge in [-0.05, 0) is 37.8 Å². The van der Waals surface area contributed by atoms with Crippen LogP contribution < -0.4 is 10.6 Å². The molecule has 6 bridgehead atoms. The molecule has 2 aromatic rings. The van der Waals surface area contributed by atoms with Gasteiger partial charge in [0, 0.05) is 23.2 Å². The zero-order chi connectivity index (χ0) is 18.9. The predicted octanol–water partition coefficient (Wildman–Crippen LogP) is 2.71. The number of rotatable bonds is 4. The number of ketones is 2. The van der Waals surface area contributed by atoms with E-state index in [1.807, 2.05) is 60.7 Å². The minimum Gasteiger partial charge on any atom is -0.313 e. The standard InChI is InChI=1S/C24H24N2O2/c27-21(15-7-3-1-4-8-15)23-11-20-24(22(28)16-9-5-2-6-10-16)12-19(23)25-14-18(24)17(23)13-26-20/h1-10,17-20,25-26H,11-14H2/t17-,18+,19-,20+,23-,24+. The number of fused-ring (bicyclic) bond motifs is 2. The lowest BCUT2D eigenvalue weighted by molar-refractivity contribution is -0.176. The number of Topliss-reactive ketones (excluding diaryl/α,β-unsaturated/α-hetero) is 2. The van der Waals surface area contributed by atoms with Gasteiger partial charge in [-0.1, -0.05) is 60.7 Å². The van der Waals surface area contributed by atoms with Gasteiger partial charge in [0.05, 0.1) is 10.8 Å². The maximum Gasteiger partial charge on any atom is 0.170 e. The van der Waals surface area contributed by atoms with E-state index >= 15 is 0 Å². The largest absolute Gasteiger partial charge is 0.313 e. The summed E-state index contributed by atoms with van der Waals surface area (Å²) in [5.41, 5.74) is 0.867. The second-order valence-corrected chi connectivity index (χ2v) is 9.01. The van der Waals surface area contributed by atoms with Crippen molar-refractivity contribution in [2.24, 2.45) is 22.7 Å². The molecule has 28 heavy (non-hydrogen) atoms. The summed E-state index contributed by atoms with van der Waals surface area (Å²) in [6.45, 7) is 1.69. The molecule has 3 saturated carbocycles. The van der Waals surface area contributed by atoms with E-state index < -0.39 is 0 Å². The fourth-order valence-corrected chi connectivity index (χ4v) is 7.11. The van der Waals surface area contributed by atoms with Crippen LogP contribution in [0.5, 0.6) is 0 Å². The van der Waals surface area contributed by atoms with Crippen molar-refractivity contribution in [2.45, 2.75) is 24.9 Å². The Kier molecular flexibility index (Phi) is 3.34. The first kappa shape index (κ1) is 16.6. The molecule has 7 aliphatic rings. The van der Waals surface area contributed by atoms with Crippen LogP contribution in [0.3, 0.4) is 0 Å². The third-order valence-corrected chi connectivity index (χ3v) is 8.22. The average molecular weight is 372 g/mol. The molecule has 0 spiro atoms. The van der Waals surface area contributed by atoms with Gasteiger partial charge < -0.3 is 10.6 Å². The Bertz CT molecular complexity index is 880. The topological polar surface area (TPSA) is 58.2 Å². The Labute approximate surface area is 164 Å². The third-order valence-electron chi connectivity index (χ3n) is 8.22. The molecule has 7 fully saturated rings. The van der Waals surface area contributed by atoms with Gasteiger partial charge in [-0.25, -0.2) is 0 Å². The Balaban J connectivity index is 1.45. The maximum atomic E-state index is 13.7. The molecule has 2 N–H and O–H groups in total. The Morgan fingerprint density at radius 1 is 0.679 bits per heavy atom. The van der Waals surface area contributed by atoms with E-state index in [9.17, 15) is 9.59 Å². The van der Waals surface area contributed by atoms with Gasteiger partial charge >= 0.3 is 0 Å². The highest BCUT2D eigenvalue weighted by Crippen LogP contribution is 2.68. The lowest BCUT2D eigenvalue weighted by Crippen LogP contribution is -2.85. The van der Waals surface area contributed by atoms with Crippen LogP contribution in [-0.2, 0) is 0 Å². The summed E-state index contributed by atoms with van der Waals surface area (Å²) in [5.74, 6) is 0.982. The zero-order valence-electron chi connectivity index (χ0n) is 15.7. The number of hydrogen-bond donors (Lipinski definition) is 2. The van der Waals surface area contributed by atoms with Gasteiger partial charge in [0.25, 0.3) is 0 Å². The summed E-state index contributed by atoms with van der Waals surface area (Å²) in [5, 5.41) is 7.31. The number of carbonyl (C=O) groups is 2. The van der Waals surface area contributed by atoms with Crippen molar-refractivity contribution in [1.29, 1.82) is 0 Å². The van der Waals surface area contributed by atoms with Crippen molar-refractivity contribution in [1.82, 2.24) is 10.6 Å². The van der Waals surface area contributed by atoms with Gasteiger partial charge in [-0.2, -0.15) is 0 Å². The van der Waals surface area contributed by atoms with E-state index in [0.717, 1.165) is 37.1 Å². The molecule has 4 heterocycles. The third kappa shape index (κ3) is 1.83. The highest BCUT2D eigenvalue weighted by Gasteiger charge is 2.76. The highest BCUT2D eigenvalue weighted by molar-refractivity contribution is 6.05. The second-order valence-electron chi connectivity index (χ2n) is 9.01. The van der Waals surface area contributed by atoms with Gasteiger partial charge in [-0.15, -0.1) is 0 Å². The monoisotopic (exact) mass is 372 g/mol. The molecule has 9 rings (SSSR count). The van der Waals surface area contributed by atoms with E-state index in [-0.39, 0.29) is 46.3 Å². The smallest absolute Gasteiger partial charge is 0.170 e. The van der Waals surface area contributed by atoms with Crippen molar-refractivity contribution in [3.63, 3.8) is 0 Å². The number of piperidine rings is 4. The van der Waals surface area contributed by atoms with Crippen molar-refractivity contribution in [3.8, 4) is 0 Å². The summed E-state index contributed by atoms with van der Waals surface area (Å²) in [4.78, 5) is 27.5. The number of carbonyl (C=O) groups excluding carboxylic acids is 2. The van der Waals surface area contributed by atoms with Crippen LogP contribution in [-0.4, -0.2) is 36.7 Å². The normalized spacial score (nSPS) is 39.9. The molecular formula is C24H24N2O2. The summed E-state index contributed by atoms with van der Waals surface area (Å²) in [6.07, 6.45) is 1.52. The first-order valence-electron chi connectivity index (χ1n) is 10.3. The van der Waals surface area contributed by atoms with Crippen LogP contribution in [0, 0.1) is 22.7 Å². The molecule has 4 heteroatoms. The van der Waals surface area contributed by atoms with Crippen LogP contribution in [0.25, 0.3) is 0 Å². The van der Waals surface area contributed by atoms with Crippen molar-refractivity contribution >= 4 is 11.6 Å². The van der Waals surface area contributed by atoms with Crippen LogP contribution in [0.2, 0.25) is 0 Å². The van der Waals surface area contributed by atoms with Gasteiger partial charge in [0.15, 0.2) is 11.6 Å². The van der Waals surface area contributed by atoms with Crippen LogP contribution >= 0.6 is 0 Å². The number of hydrogen-bond acceptors (Lipinski definition) is 4. The van der Waals surface area contributed by atoms with E-state index in [0.29, 0.717) is 0 Å². The molecule has 3 aliphatic carbocycles. The Morgan fingerprint density at radius 2 is 1.07 bits per heavy atom. The SMILES string of the molecule is O=C(c1ccccc1)[C@]12C[C@@H]3NC[C@@H]1[C@@H]1CN[C@@H]2C[C@@]31C(=O)c1ccccc1. The average Bonchev–Trinajstić information content (AvgIpc) is 2.79. The highest BCUT2D eigenvalue weighted by atomic mass is 16.1. The second kappa shape index (κ2) is 5.62. The Hall–Kier alpha value is -2.30. The predicted molar refractivity (Wildman–Crippen MR) is 106 cm³/mol. The molecule has 0 amide bonds. The molecule has 4 aliphatic heterocycles. The summed E-state index contributed by atoms with van der Waals surface area (Å²) < 4.78 is 0. The molecule has 2 aromatic carbocycles. The van der Waals surface area contributed by atoms with Crippen molar-refractivity contribution in [2.75, 3.05) is 13.1 Å². The molecule has 6 atom stereocenters. The van der Waals surface area contributed by atoms with Crippen LogP contribution in [0.4, 0.5) is 0 Å². The van der Waals surface area contributed by atoms with Gasteiger partial charge in [-0.3, -0.25) is 9.59 Å². The number of nitrogens with one attached hydrogen (secondary N) is 2. The molecule has 0 unspecified atom stereocenters. The van der Waals surface area contributed by atoms with Crippen molar-refractivity contribution < 1.29 is 9.59 Å². The summed E-state index contributed by atoms with van der Waals surface area (Å²) >= 11 is 0. The molecule has 142 valence electrons. The quantitative estimate of drug-likeness (QED) is 0.811. The van der Waals surface area contributed by atoms with E-state index in [1.54, 1.807) is 0 Å². The van der Waals surface area contributed by atoms with E-state index in [2.05, 4.69) is 10.6 Å². The number of benzene rings is 2. The zero-order valence-corrected chi connectivity index (χ0v) is 15.7. The van der Waals surface area contributed by atoms with Crippen LogP contribution in [0.1, 0.15) is 33.6 Å². The van der Waals surface area contributed by atoms with Crippen molar-refractivity contribution in [3.05, 3.63) is 71.8 Å². The molecular weight excluding hydrogens is 348 g/mol. The Morgan fingerprint density at radius 3 is 1.46 bits per heavy atom. The first-order valence-corrected chi connectivity index (χ1v) is 10.3. The summed E-state index contributed by atoms with van der Waals surface area (Å²) in [7, 11) is 0. The summed E-state index contributed by atoms with van der Waals surface area (Å²) in [6, 6.07) is 19.6. The lowest BCUT2D eigenvalue weighted by atomic mass is 9.35. The fourth-order valence-electron chi connectivity index (χ4n) is 7.11. The molecule has 4 saturated heterocycles. The molecule has 0 aromatic heterocycles. The van der Waals surface area contributed by atoms with Gasteiger partial charge in [0.2, 0.25) is 0 Å². The minimum atomic E-state index is -0.376.